The van der Waals surface area contributed by atoms with Gasteiger partial charge in [-0.15, -0.1) is 0 Å². The Balaban J connectivity index is 2.03. The molecular formula is C13H13ClN4O. The number of carbonyl (C=O) groups is 1. The zero-order valence-electron chi connectivity index (χ0n) is 10.4. The number of rotatable bonds is 3. The molecule has 0 saturated heterocycles. The maximum absolute atomic E-state index is 11.9. The molecule has 19 heavy (non-hydrogen) atoms. The summed E-state index contributed by atoms with van der Waals surface area (Å²) in [4.78, 5) is 20.2. The molecular weight excluding hydrogens is 264 g/mol. The molecule has 0 radical (unpaired) electrons. The van der Waals surface area contributed by atoms with Crippen molar-refractivity contribution in [1.29, 1.82) is 0 Å². The molecule has 5 nitrogen and oxygen atoms in total. The van der Waals surface area contributed by atoms with E-state index in [0.29, 0.717) is 28.5 Å². The van der Waals surface area contributed by atoms with Gasteiger partial charge < -0.3 is 11.1 Å². The zero-order valence-corrected chi connectivity index (χ0v) is 11.1. The fourth-order valence-electron chi connectivity index (χ4n) is 1.53. The number of aryl methyl sites for hydroxylation is 1. The van der Waals surface area contributed by atoms with E-state index in [0.717, 1.165) is 5.69 Å². The summed E-state index contributed by atoms with van der Waals surface area (Å²) in [6.07, 6.45) is 3.28. The molecule has 2 rings (SSSR count). The lowest BCUT2D eigenvalue weighted by atomic mass is 10.2. The van der Waals surface area contributed by atoms with E-state index in [9.17, 15) is 4.79 Å². The lowest BCUT2D eigenvalue weighted by Crippen LogP contribution is -2.23. The van der Waals surface area contributed by atoms with Crippen molar-refractivity contribution >= 4 is 23.2 Å². The molecule has 98 valence electrons. The van der Waals surface area contributed by atoms with Gasteiger partial charge >= 0.3 is 0 Å². The van der Waals surface area contributed by atoms with Crippen LogP contribution in [-0.2, 0) is 6.54 Å². The highest BCUT2D eigenvalue weighted by molar-refractivity contribution is 6.31. The molecule has 0 aliphatic rings. The lowest BCUT2D eigenvalue weighted by molar-refractivity contribution is 0.0950. The Morgan fingerprint density at radius 3 is 2.74 bits per heavy atom. The maximum atomic E-state index is 11.9. The third-order valence-corrected chi connectivity index (χ3v) is 2.66. The first kappa shape index (κ1) is 13.3. The van der Waals surface area contributed by atoms with Crippen molar-refractivity contribution in [3.63, 3.8) is 0 Å². The summed E-state index contributed by atoms with van der Waals surface area (Å²) in [6.45, 7) is 2.16. The van der Waals surface area contributed by atoms with Gasteiger partial charge in [0.2, 0.25) is 0 Å². The number of benzene rings is 1. The number of halogens is 1. The number of hydrogen-bond acceptors (Lipinski definition) is 4. The van der Waals surface area contributed by atoms with Gasteiger partial charge in [0, 0.05) is 22.5 Å². The van der Waals surface area contributed by atoms with Crippen molar-refractivity contribution in [2.45, 2.75) is 13.5 Å². The monoisotopic (exact) mass is 276 g/mol. The van der Waals surface area contributed by atoms with Crippen LogP contribution in [-0.4, -0.2) is 15.9 Å². The topological polar surface area (TPSA) is 80.9 Å². The Kier molecular flexibility index (Phi) is 3.97. The van der Waals surface area contributed by atoms with Gasteiger partial charge in [-0.3, -0.25) is 14.8 Å². The number of hydrogen-bond donors (Lipinski definition) is 2. The quantitative estimate of drug-likeness (QED) is 0.840. The van der Waals surface area contributed by atoms with E-state index in [-0.39, 0.29) is 5.91 Å². The van der Waals surface area contributed by atoms with Crippen molar-refractivity contribution in [2.24, 2.45) is 0 Å². The van der Waals surface area contributed by atoms with E-state index in [2.05, 4.69) is 15.3 Å². The number of nitrogens with two attached hydrogens (primary N) is 1. The fourth-order valence-corrected chi connectivity index (χ4v) is 1.77. The summed E-state index contributed by atoms with van der Waals surface area (Å²) < 4.78 is 0. The van der Waals surface area contributed by atoms with Gasteiger partial charge in [0.1, 0.15) is 0 Å². The first-order valence-electron chi connectivity index (χ1n) is 5.66. The van der Waals surface area contributed by atoms with Crippen molar-refractivity contribution in [2.75, 3.05) is 5.73 Å². The molecule has 0 fully saturated rings. The van der Waals surface area contributed by atoms with Gasteiger partial charge in [-0.05, 0) is 25.1 Å². The van der Waals surface area contributed by atoms with E-state index in [4.69, 9.17) is 17.3 Å². The van der Waals surface area contributed by atoms with Crippen LogP contribution in [0.2, 0.25) is 5.02 Å². The van der Waals surface area contributed by atoms with Crippen molar-refractivity contribution < 1.29 is 4.79 Å². The molecule has 6 heteroatoms. The zero-order chi connectivity index (χ0) is 13.8. The number of anilines is 1. The van der Waals surface area contributed by atoms with Crippen LogP contribution in [0.25, 0.3) is 0 Å². The van der Waals surface area contributed by atoms with Crippen LogP contribution in [0.5, 0.6) is 0 Å². The Morgan fingerprint density at radius 2 is 2.11 bits per heavy atom. The molecule has 1 heterocycles. The van der Waals surface area contributed by atoms with E-state index < -0.39 is 0 Å². The maximum Gasteiger partial charge on any atom is 0.251 e. The first-order chi connectivity index (χ1) is 9.04. The Bertz CT molecular complexity index is 578. The Morgan fingerprint density at radius 1 is 1.32 bits per heavy atom. The fraction of sp³-hybridized carbons (Fsp3) is 0.154. The number of aromatic nitrogens is 2. The second kappa shape index (κ2) is 5.67. The first-order valence-corrected chi connectivity index (χ1v) is 6.04. The second-order valence-electron chi connectivity index (χ2n) is 4.11. The average Bonchev–Trinajstić information content (AvgIpc) is 2.36. The lowest BCUT2D eigenvalue weighted by Gasteiger charge is -2.06. The molecule has 0 aliphatic carbocycles. The summed E-state index contributed by atoms with van der Waals surface area (Å²) in [7, 11) is 0. The van der Waals surface area contributed by atoms with Crippen molar-refractivity contribution in [1.82, 2.24) is 15.3 Å². The molecule has 0 saturated carbocycles. The van der Waals surface area contributed by atoms with Gasteiger partial charge in [0.15, 0.2) is 0 Å². The highest BCUT2D eigenvalue weighted by atomic mass is 35.5. The van der Waals surface area contributed by atoms with Crippen molar-refractivity contribution in [3.05, 3.63) is 52.6 Å². The number of nitrogens with zero attached hydrogens (tertiary/aromatic N) is 2. The van der Waals surface area contributed by atoms with Gasteiger partial charge in [-0.25, -0.2) is 0 Å². The highest BCUT2D eigenvalue weighted by Crippen LogP contribution is 2.16. The van der Waals surface area contributed by atoms with Crippen LogP contribution in [0.4, 0.5) is 5.69 Å². The standard InChI is InChI=1S/C13H13ClN4O/c1-8-5-17-12(6-16-8)7-18-13(19)9-2-10(14)4-11(15)3-9/h2-6H,7,15H2,1H3,(H,18,19). The third kappa shape index (κ3) is 3.66. The molecule has 2 aromatic rings. The molecule has 0 bridgehead atoms. The minimum absolute atomic E-state index is 0.253. The van der Waals surface area contributed by atoms with Crippen LogP contribution in [0.1, 0.15) is 21.7 Å². The van der Waals surface area contributed by atoms with E-state index >= 15 is 0 Å². The van der Waals surface area contributed by atoms with Crippen LogP contribution in [0, 0.1) is 6.92 Å². The molecule has 1 aromatic carbocycles. The predicted octanol–water partition coefficient (Wildman–Crippen LogP) is 1.95. The third-order valence-electron chi connectivity index (χ3n) is 2.45. The number of nitrogens with one attached hydrogen (secondary N) is 1. The SMILES string of the molecule is Cc1cnc(CNC(=O)c2cc(N)cc(Cl)c2)cn1. The summed E-state index contributed by atoms with van der Waals surface area (Å²) >= 11 is 5.85. The van der Waals surface area contributed by atoms with Crippen LogP contribution < -0.4 is 11.1 Å². The van der Waals surface area contributed by atoms with Crippen molar-refractivity contribution in [3.8, 4) is 0 Å². The summed E-state index contributed by atoms with van der Waals surface area (Å²) in [6, 6.07) is 4.72. The number of nitrogen functional groups attached to an aromatic ring is 1. The van der Waals surface area contributed by atoms with Crippen LogP contribution >= 0.6 is 11.6 Å². The molecule has 0 atom stereocenters. The summed E-state index contributed by atoms with van der Waals surface area (Å²) in [5.74, 6) is -0.253. The molecule has 3 N–H and O–H groups in total. The largest absolute Gasteiger partial charge is 0.399 e. The molecule has 1 aromatic heterocycles. The average molecular weight is 277 g/mol. The van der Waals surface area contributed by atoms with Gasteiger partial charge in [0.05, 0.1) is 24.1 Å². The summed E-state index contributed by atoms with van der Waals surface area (Å²) in [5, 5.41) is 3.16. The highest BCUT2D eigenvalue weighted by Gasteiger charge is 2.07. The normalized spacial score (nSPS) is 10.2. The van der Waals surface area contributed by atoms with E-state index in [1.54, 1.807) is 30.6 Å². The second-order valence-corrected chi connectivity index (χ2v) is 4.54. The molecule has 1 amide bonds. The van der Waals surface area contributed by atoms with Gasteiger partial charge in [0.25, 0.3) is 5.91 Å². The van der Waals surface area contributed by atoms with Gasteiger partial charge in [-0.2, -0.15) is 0 Å². The molecule has 0 spiro atoms. The predicted molar refractivity (Wildman–Crippen MR) is 73.8 cm³/mol. The minimum Gasteiger partial charge on any atom is -0.399 e. The molecule has 0 aliphatic heterocycles. The molecule has 0 unspecified atom stereocenters. The van der Waals surface area contributed by atoms with E-state index in [1.165, 1.54) is 0 Å². The smallest absolute Gasteiger partial charge is 0.251 e. The Hall–Kier alpha value is -2.14. The van der Waals surface area contributed by atoms with Crippen LogP contribution in [0.3, 0.4) is 0 Å². The Labute approximate surface area is 115 Å². The minimum atomic E-state index is -0.253. The number of carbonyl (C=O) groups excluding carboxylic acids is 1. The van der Waals surface area contributed by atoms with Crippen LogP contribution in [0.15, 0.2) is 30.6 Å². The van der Waals surface area contributed by atoms with E-state index in [1.807, 2.05) is 6.92 Å². The number of amides is 1. The van der Waals surface area contributed by atoms with Gasteiger partial charge in [-0.1, -0.05) is 11.6 Å². The summed E-state index contributed by atoms with van der Waals surface area (Å²) in [5.41, 5.74) is 8.03.